The molecule has 8 nitrogen and oxygen atoms in total. The van der Waals surface area contributed by atoms with Crippen molar-refractivity contribution in [3.8, 4) is 11.5 Å². The van der Waals surface area contributed by atoms with Gasteiger partial charge >= 0.3 is 5.97 Å². The molecule has 2 atom stereocenters. The molecule has 2 saturated heterocycles. The third-order valence-corrected chi connectivity index (χ3v) is 5.56. The van der Waals surface area contributed by atoms with E-state index in [1.807, 2.05) is 6.07 Å². The Balaban J connectivity index is 1.49. The lowest BCUT2D eigenvalue weighted by atomic mass is 9.89. The van der Waals surface area contributed by atoms with Gasteiger partial charge in [0.1, 0.15) is 0 Å². The number of carbonyl (C=O) groups excluding carboxylic acids is 2. The average molecular weight is 374 g/mol. The van der Waals surface area contributed by atoms with Crippen LogP contribution in [0.2, 0.25) is 0 Å². The normalized spacial score (nSPS) is 24.4. The molecule has 0 saturated carbocycles. The van der Waals surface area contributed by atoms with E-state index in [0.717, 1.165) is 18.4 Å². The summed E-state index contributed by atoms with van der Waals surface area (Å²) in [4.78, 5) is 39.5. The first kappa shape index (κ1) is 17.6. The van der Waals surface area contributed by atoms with Gasteiger partial charge in [-0.2, -0.15) is 0 Å². The van der Waals surface area contributed by atoms with Crippen molar-refractivity contribution in [1.29, 1.82) is 0 Å². The van der Waals surface area contributed by atoms with Crippen LogP contribution in [0.5, 0.6) is 11.5 Å². The molecule has 3 aliphatic heterocycles. The Labute approximate surface area is 156 Å². The second-order valence-electron chi connectivity index (χ2n) is 7.24. The van der Waals surface area contributed by atoms with Crippen molar-refractivity contribution in [1.82, 2.24) is 9.80 Å². The van der Waals surface area contributed by atoms with Crippen LogP contribution in [-0.4, -0.2) is 65.7 Å². The summed E-state index contributed by atoms with van der Waals surface area (Å²) in [7, 11) is 0. The van der Waals surface area contributed by atoms with Crippen molar-refractivity contribution in [2.45, 2.75) is 25.2 Å². The maximum Gasteiger partial charge on any atom is 0.308 e. The number of amides is 2. The van der Waals surface area contributed by atoms with Gasteiger partial charge in [-0.3, -0.25) is 14.4 Å². The predicted molar refractivity (Wildman–Crippen MR) is 93.4 cm³/mol. The highest BCUT2D eigenvalue weighted by atomic mass is 16.7. The monoisotopic (exact) mass is 374 g/mol. The molecule has 3 aliphatic rings. The molecule has 0 bridgehead atoms. The summed E-state index contributed by atoms with van der Waals surface area (Å²) in [6.45, 7) is 1.23. The minimum absolute atomic E-state index is 0.00379. The number of rotatable bonds is 4. The van der Waals surface area contributed by atoms with Crippen LogP contribution in [0.3, 0.4) is 0 Å². The van der Waals surface area contributed by atoms with Gasteiger partial charge in [0.2, 0.25) is 18.6 Å². The number of fused-ring (bicyclic) bond motifs is 1. The Morgan fingerprint density at radius 2 is 1.96 bits per heavy atom. The van der Waals surface area contributed by atoms with Crippen molar-refractivity contribution in [2.75, 3.05) is 33.0 Å². The molecule has 2 fully saturated rings. The third-order valence-electron chi connectivity index (χ3n) is 5.56. The van der Waals surface area contributed by atoms with Gasteiger partial charge in [-0.1, -0.05) is 6.07 Å². The number of carbonyl (C=O) groups is 3. The van der Waals surface area contributed by atoms with E-state index >= 15 is 0 Å². The number of ether oxygens (including phenoxy) is 2. The molecular weight excluding hydrogens is 352 g/mol. The van der Waals surface area contributed by atoms with Gasteiger partial charge in [0, 0.05) is 32.0 Å². The van der Waals surface area contributed by atoms with Crippen molar-refractivity contribution < 1.29 is 29.0 Å². The number of likely N-dealkylation sites (tertiary alicyclic amines) is 2. The smallest absolute Gasteiger partial charge is 0.308 e. The first-order chi connectivity index (χ1) is 13.0. The largest absolute Gasteiger partial charge is 0.481 e. The first-order valence-corrected chi connectivity index (χ1v) is 9.21. The average Bonchev–Trinajstić information content (AvgIpc) is 3.29. The Bertz CT molecular complexity index is 779. The highest BCUT2D eigenvalue weighted by molar-refractivity contribution is 5.86. The van der Waals surface area contributed by atoms with Crippen LogP contribution in [0.15, 0.2) is 18.2 Å². The summed E-state index contributed by atoms with van der Waals surface area (Å²) < 4.78 is 10.7. The van der Waals surface area contributed by atoms with Crippen LogP contribution in [0.25, 0.3) is 0 Å². The van der Waals surface area contributed by atoms with Gasteiger partial charge in [0.25, 0.3) is 0 Å². The molecule has 0 spiro atoms. The minimum atomic E-state index is -0.929. The Morgan fingerprint density at radius 1 is 1.15 bits per heavy atom. The van der Waals surface area contributed by atoms with Crippen molar-refractivity contribution >= 4 is 17.8 Å². The number of nitrogens with zero attached hydrogens (tertiary/aromatic N) is 2. The summed E-state index contributed by atoms with van der Waals surface area (Å²) in [6, 6.07) is 5.40. The molecule has 3 heterocycles. The number of piperidine rings is 1. The molecule has 1 aromatic rings. The molecule has 27 heavy (non-hydrogen) atoms. The molecule has 2 amide bonds. The number of aliphatic carboxylic acids is 1. The van der Waals surface area contributed by atoms with Crippen LogP contribution in [-0.2, 0) is 14.4 Å². The summed E-state index contributed by atoms with van der Waals surface area (Å²) in [5.74, 6) is -0.900. The summed E-state index contributed by atoms with van der Waals surface area (Å²) in [5.41, 5.74) is 0.816. The molecular formula is C19H22N2O6. The van der Waals surface area contributed by atoms with Gasteiger partial charge in [0.15, 0.2) is 11.5 Å². The third kappa shape index (κ3) is 3.43. The van der Waals surface area contributed by atoms with Gasteiger partial charge in [-0.25, -0.2) is 0 Å². The maximum absolute atomic E-state index is 12.7. The van der Waals surface area contributed by atoms with E-state index in [-0.39, 0.29) is 37.6 Å². The van der Waals surface area contributed by atoms with Crippen molar-refractivity contribution in [3.63, 3.8) is 0 Å². The SMILES string of the molecule is O=C(O)[C@@H]1CN(C(=O)CN2CCCCC2=O)C[C@H]1c1ccc2c(c1)OCO2. The number of hydrogen-bond acceptors (Lipinski definition) is 5. The van der Waals surface area contributed by atoms with Crippen molar-refractivity contribution in [2.24, 2.45) is 5.92 Å². The predicted octanol–water partition coefficient (Wildman–Crippen LogP) is 1.05. The summed E-state index contributed by atoms with van der Waals surface area (Å²) in [6.07, 6.45) is 2.24. The fourth-order valence-electron chi connectivity index (χ4n) is 4.03. The van der Waals surface area contributed by atoms with E-state index < -0.39 is 11.9 Å². The molecule has 0 aliphatic carbocycles. The number of benzene rings is 1. The minimum Gasteiger partial charge on any atom is -0.481 e. The zero-order chi connectivity index (χ0) is 19.0. The fourth-order valence-corrected chi connectivity index (χ4v) is 4.03. The van der Waals surface area contributed by atoms with E-state index in [4.69, 9.17) is 9.47 Å². The maximum atomic E-state index is 12.7. The van der Waals surface area contributed by atoms with Crippen LogP contribution in [0, 0.1) is 5.92 Å². The summed E-state index contributed by atoms with van der Waals surface area (Å²) >= 11 is 0. The summed E-state index contributed by atoms with van der Waals surface area (Å²) in [5, 5.41) is 9.64. The number of carboxylic acid groups (broad SMARTS) is 1. The van der Waals surface area contributed by atoms with E-state index in [1.165, 1.54) is 0 Å². The Hall–Kier alpha value is -2.77. The molecule has 1 N–H and O–H groups in total. The highest BCUT2D eigenvalue weighted by Crippen LogP contribution is 2.39. The Kier molecular flexibility index (Phi) is 4.63. The molecule has 0 unspecified atom stereocenters. The van der Waals surface area contributed by atoms with E-state index in [9.17, 15) is 19.5 Å². The van der Waals surface area contributed by atoms with Crippen LogP contribution in [0.4, 0.5) is 0 Å². The molecule has 1 aromatic carbocycles. The molecule has 0 radical (unpaired) electrons. The number of carboxylic acids is 1. The Morgan fingerprint density at radius 3 is 2.74 bits per heavy atom. The van der Waals surface area contributed by atoms with Crippen LogP contribution < -0.4 is 9.47 Å². The standard InChI is InChI=1S/C19H22N2O6/c22-17-3-1-2-6-20(17)10-18(23)21-8-13(14(9-21)19(24)25)12-4-5-15-16(7-12)27-11-26-15/h4-5,7,13-14H,1-3,6,8-11H2,(H,24,25)/t13-,14+/m0/s1. The zero-order valence-corrected chi connectivity index (χ0v) is 14.9. The van der Waals surface area contributed by atoms with E-state index in [1.54, 1.807) is 21.9 Å². The van der Waals surface area contributed by atoms with Crippen molar-refractivity contribution in [3.05, 3.63) is 23.8 Å². The second-order valence-corrected chi connectivity index (χ2v) is 7.24. The van der Waals surface area contributed by atoms with Gasteiger partial charge in [-0.15, -0.1) is 0 Å². The molecule has 4 rings (SSSR count). The molecule has 8 heteroatoms. The quantitative estimate of drug-likeness (QED) is 0.846. The molecule has 0 aromatic heterocycles. The van der Waals surface area contributed by atoms with Gasteiger partial charge in [-0.05, 0) is 30.5 Å². The zero-order valence-electron chi connectivity index (χ0n) is 14.9. The van der Waals surface area contributed by atoms with E-state index in [2.05, 4.69) is 0 Å². The van der Waals surface area contributed by atoms with E-state index in [0.29, 0.717) is 31.0 Å². The van der Waals surface area contributed by atoms with Crippen LogP contribution >= 0.6 is 0 Å². The van der Waals surface area contributed by atoms with Gasteiger partial charge in [0.05, 0.1) is 12.5 Å². The lowest BCUT2D eigenvalue weighted by Gasteiger charge is -2.28. The van der Waals surface area contributed by atoms with Crippen LogP contribution in [0.1, 0.15) is 30.7 Å². The lowest BCUT2D eigenvalue weighted by molar-refractivity contribution is -0.143. The topological polar surface area (TPSA) is 96.4 Å². The fraction of sp³-hybridized carbons (Fsp3) is 0.526. The second kappa shape index (κ2) is 7.09. The first-order valence-electron chi connectivity index (χ1n) is 9.21. The highest BCUT2D eigenvalue weighted by Gasteiger charge is 2.41. The number of hydrogen-bond donors (Lipinski definition) is 1. The lowest BCUT2D eigenvalue weighted by Crippen LogP contribution is -2.44. The van der Waals surface area contributed by atoms with Gasteiger partial charge < -0.3 is 24.4 Å². The molecule has 144 valence electrons.